The van der Waals surface area contributed by atoms with Crippen molar-refractivity contribution in [2.75, 3.05) is 26.2 Å². The van der Waals surface area contributed by atoms with E-state index in [1.165, 1.54) is 0 Å². The van der Waals surface area contributed by atoms with Crippen LogP contribution in [0.1, 0.15) is 35.2 Å². The number of amides is 3. The highest BCUT2D eigenvalue weighted by Crippen LogP contribution is 2.36. The number of benzene rings is 2. The summed E-state index contributed by atoms with van der Waals surface area (Å²) < 4.78 is 7.67. The number of likely N-dealkylation sites (tertiary alicyclic amines) is 1. The summed E-state index contributed by atoms with van der Waals surface area (Å²) in [5.74, 6) is 0.238. The predicted molar refractivity (Wildman–Crippen MR) is 151 cm³/mol. The summed E-state index contributed by atoms with van der Waals surface area (Å²) in [6.07, 6.45) is 11.2. The van der Waals surface area contributed by atoms with Gasteiger partial charge in [-0.15, -0.1) is 0 Å². The molecule has 2 aromatic carbocycles. The number of ether oxygens (including phenoxy) is 1. The lowest BCUT2D eigenvalue weighted by Crippen LogP contribution is -2.54. The molecule has 0 radical (unpaired) electrons. The molecule has 3 amide bonds. The third kappa shape index (κ3) is 6.59. The van der Waals surface area contributed by atoms with Crippen molar-refractivity contribution < 1.29 is 19.1 Å². The van der Waals surface area contributed by atoms with Crippen LogP contribution in [-0.2, 0) is 22.6 Å². The highest BCUT2D eigenvalue weighted by molar-refractivity contribution is 5.97. The van der Waals surface area contributed by atoms with Gasteiger partial charge in [-0.05, 0) is 43.4 Å². The Morgan fingerprint density at radius 3 is 2.58 bits per heavy atom. The van der Waals surface area contributed by atoms with Gasteiger partial charge >= 0.3 is 0 Å². The van der Waals surface area contributed by atoms with Crippen molar-refractivity contribution in [1.29, 1.82) is 0 Å². The van der Waals surface area contributed by atoms with Crippen molar-refractivity contribution in [3.05, 3.63) is 96.6 Å². The number of para-hydroxylation sites is 1. The van der Waals surface area contributed by atoms with Gasteiger partial charge in [0.25, 0.3) is 5.91 Å². The highest BCUT2D eigenvalue weighted by Gasteiger charge is 2.42. The molecule has 1 spiro atoms. The Morgan fingerprint density at radius 2 is 1.80 bits per heavy atom. The fourth-order valence-corrected chi connectivity index (χ4v) is 5.36. The molecule has 3 aromatic rings. The number of nitrogens with one attached hydrogen (secondary N) is 2. The number of nitrogens with zero attached hydrogens (tertiary/aromatic N) is 3. The van der Waals surface area contributed by atoms with Crippen LogP contribution in [-0.4, -0.2) is 64.5 Å². The lowest BCUT2D eigenvalue weighted by atomic mass is 9.74. The van der Waals surface area contributed by atoms with Crippen LogP contribution in [0.3, 0.4) is 0 Å². The third-order valence-electron chi connectivity index (χ3n) is 7.74. The zero-order valence-corrected chi connectivity index (χ0v) is 22.5. The summed E-state index contributed by atoms with van der Waals surface area (Å²) in [5, 5.41) is 6.28. The van der Waals surface area contributed by atoms with E-state index in [0.29, 0.717) is 50.1 Å². The molecule has 1 aromatic heterocycles. The van der Waals surface area contributed by atoms with Crippen LogP contribution in [0.15, 0.2) is 85.5 Å². The lowest BCUT2D eigenvalue weighted by Gasteiger charge is -2.41. The van der Waals surface area contributed by atoms with Crippen molar-refractivity contribution in [1.82, 2.24) is 25.1 Å². The van der Waals surface area contributed by atoms with Gasteiger partial charge in [-0.1, -0.05) is 54.6 Å². The number of carbonyl (C=O) groups excluding carboxylic acids is 3. The van der Waals surface area contributed by atoms with E-state index in [4.69, 9.17) is 4.74 Å². The quantitative estimate of drug-likeness (QED) is 0.494. The van der Waals surface area contributed by atoms with E-state index in [1.807, 2.05) is 53.5 Å². The number of hydrogen-bond donors (Lipinski definition) is 2. The molecule has 2 N–H and O–H groups in total. The van der Waals surface area contributed by atoms with Crippen molar-refractivity contribution in [2.45, 2.75) is 38.3 Å². The van der Waals surface area contributed by atoms with Gasteiger partial charge in [0.05, 0.1) is 23.3 Å². The number of hydrogen-bond acceptors (Lipinski definition) is 5. The maximum absolute atomic E-state index is 14.0. The molecule has 1 saturated heterocycles. The molecule has 208 valence electrons. The maximum Gasteiger partial charge on any atom is 0.255 e. The molecule has 3 heterocycles. The predicted octanol–water partition coefficient (Wildman–Crippen LogP) is 2.99. The smallest absolute Gasteiger partial charge is 0.255 e. The Bertz CT molecular complexity index is 1330. The topological polar surface area (TPSA) is 106 Å². The van der Waals surface area contributed by atoms with Gasteiger partial charge in [-0.3, -0.25) is 14.4 Å². The summed E-state index contributed by atoms with van der Waals surface area (Å²) in [4.78, 5) is 45.8. The molecular formula is C31H35N5O4. The molecule has 2 aliphatic heterocycles. The minimum Gasteiger partial charge on any atom is -0.489 e. The minimum absolute atomic E-state index is 0.0152. The molecule has 0 bridgehead atoms. The second-order valence-electron chi connectivity index (χ2n) is 10.4. The number of rotatable bonds is 4. The van der Waals surface area contributed by atoms with Crippen LogP contribution in [0.25, 0.3) is 0 Å². The van der Waals surface area contributed by atoms with Crippen LogP contribution >= 0.6 is 0 Å². The second kappa shape index (κ2) is 12.6. The molecule has 1 fully saturated rings. The zero-order chi connectivity index (χ0) is 27.8. The van der Waals surface area contributed by atoms with E-state index in [-0.39, 0.29) is 43.5 Å². The van der Waals surface area contributed by atoms with Gasteiger partial charge in [0.2, 0.25) is 11.8 Å². The molecule has 0 aliphatic carbocycles. The second-order valence-corrected chi connectivity index (χ2v) is 10.4. The third-order valence-corrected chi connectivity index (χ3v) is 7.74. The number of carbonyl (C=O) groups is 3. The van der Waals surface area contributed by atoms with E-state index in [2.05, 4.69) is 15.6 Å². The molecule has 9 nitrogen and oxygen atoms in total. The fraction of sp³-hybridized carbons (Fsp3) is 0.355. The summed E-state index contributed by atoms with van der Waals surface area (Å²) in [5.41, 5.74) is 0.867. The first kappa shape index (κ1) is 27.2. The molecular weight excluding hydrogens is 506 g/mol. The summed E-state index contributed by atoms with van der Waals surface area (Å²) in [6, 6.07) is 16.8. The Kier molecular flexibility index (Phi) is 8.59. The largest absolute Gasteiger partial charge is 0.489 e. The van der Waals surface area contributed by atoms with Crippen LogP contribution in [0.5, 0.6) is 5.75 Å². The Balaban J connectivity index is 1.35. The molecule has 9 heteroatoms. The highest BCUT2D eigenvalue weighted by atomic mass is 16.5. The zero-order valence-electron chi connectivity index (χ0n) is 22.5. The van der Waals surface area contributed by atoms with Crippen molar-refractivity contribution in [2.24, 2.45) is 5.41 Å². The van der Waals surface area contributed by atoms with Crippen molar-refractivity contribution in [3.63, 3.8) is 0 Å². The van der Waals surface area contributed by atoms with Gasteiger partial charge in [0.1, 0.15) is 18.9 Å². The Morgan fingerprint density at radius 1 is 1.02 bits per heavy atom. The Labute approximate surface area is 234 Å². The normalized spacial score (nSPS) is 20.4. The molecule has 5 rings (SSSR count). The van der Waals surface area contributed by atoms with Crippen molar-refractivity contribution in [3.8, 4) is 5.75 Å². The van der Waals surface area contributed by atoms with Crippen LogP contribution in [0.4, 0.5) is 0 Å². The van der Waals surface area contributed by atoms with E-state index in [9.17, 15) is 14.4 Å². The van der Waals surface area contributed by atoms with E-state index < -0.39 is 5.41 Å². The molecule has 40 heavy (non-hydrogen) atoms. The Hall–Kier alpha value is -4.40. The number of fused-ring (bicyclic) bond motifs is 1. The first-order valence-corrected chi connectivity index (χ1v) is 13.8. The van der Waals surface area contributed by atoms with E-state index >= 15 is 0 Å². The first-order valence-electron chi connectivity index (χ1n) is 13.8. The van der Waals surface area contributed by atoms with Gasteiger partial charge in [-0.25, -0.2) is 4.98 Å². The monoisotopic (exact) mass is 541 g/mol. The van der Waals surface area contributed by atoms with Crippen LogP contribution in [0.2, 0.25) is 0 Å². The average Bonchev–Trinajstić information content (AvgIpc) is 3.49. The standard InChI is InChI=1S/C31H35N5O4/c37-28(22-35-18-15-32-23-35)36-16-13-31(14-17-36)12-6-7-19-40-27-11-5-4-10-26(27)29(38)33-21-25(34-30(31)39)20-24-8-2-1-3-9-24/h1-11,15,18,23,25H,12-14,16-17,19-22H2,(H,33,38)(H,34,39)/b7-6+/t25-/m1/s1. The maximum atomic E-state index is 14.0. The summed E-state index contributed by atoms with van der Waals surface area (Å²) >= 11 is 0. The number of allylic oxidation sites excluding steroid dienone is 1. The number of piperidine rings is 1. The molecule has 0 unspecified atom stereocenters. The first-order chi connectivity index (χ1) is 19.5. The SMILES string of the molecule is O=C1NC[C@@H](Cc2ccccc2)NC(=O)C2(C/C=C/COc3ccccc31)CCN(C(=O)Cn1ccnc1)CC2. The number of aromatic nitrogens is 2. The average molecular weight is 542 g/mol. The lowest BCUT2D eigenvalue weighted by molar-refractivity contribution is -0.141. The molecule has 0 saturated carbocycles. The van der Waals surface area contributed by atoms with Crippen LogP contribution < -0.4 is 15.4 Å². The van der Waals surface area contributed by atoms with Gasteiger partial charge in [0, 0.05) is 32.0 Å². The fourth-order valence-electron chi connectivity index (χ4n) is 5.36. The molecule has 1 atom stereocenters. The van der Waals surface area contributed by atoms with Gasteiger partial charge in [0.15, 0.2) is 0 Å². The van der Waals surface area contributed by atoms with Gasteiger partial charge in [-0.2, -0.15) is 0 Å². The van der Waals surface area contributed by atoms with E-state index in [1.54, 1.807) is 41.5 Å². The van der Waals surface area contributed by atoms with Gasteiger partial charge < -0.3 is 24.8 Å². The minimum atomic E-state index is -0.663. The van der Waals surface area contributed by atoms with Crippen LogP contribution in [0, 0.1) is 5.41 Å². The van der Waals surface area contributed by atoms with E-state index in [0.717, 1.165) is 5.56 Å². The molecule has 2 aliphatic rings. The summed E-state index contributed by atoms with van der Waals surface area (Å²) in [6.45, 7) is 1.79. The number of imidazole rings is 1. The van der Waals surface area contributed by atoms with Crippen molar-refractivity contribution >= 4 is 17.7 Å². The summed E-state index contributed by atoms with van der Waals surface area (Å²) in [7, 11) is 0.